The third-order valence-corrected chi connectivity index (χ3v) is 4.81. The van der Waals surface area contributed by atoms with Crippen LogP contribution in [0.3, 0.4) is 0 Å². The van der Waals surface area contributed by atoms with Crippen LogP contribution in [0.25, 0.3) is 11.6 Å². The summed E-state index contributed by atoms with van der Waals surface area (Å²) in [4.78, 5) is 0. The van der Waals surface area contributed by atoms with Gasteiger partial charge in [0.05, 0.1) is 0 Å². The molecule has 4 rings (SSSR count). The van der Waals surface area contributed by atoms with E-state index in [0.717, 1.165) is 6.42 Å². The summed E-state index contributed by atoms with van der Waals surface area (Å²) < 4.78 is 0. The molecule has 0 radical (unpaired) electrons. The van der Waals surface area contributed by atoms with Crippen molar-refractivity contribution in [3.63, 3.8) is 0 Å². The Labute approximate surface area is 138 Å². The number of benzene rings is 3. The van der Waals surface area contributed by atoms with Gasteiger partial charge in [0.2, 0.25) is 0 Å². The Hall–Kier alpha value is -2.60. The van der Waals surface area contributed by atoms with Crippen LogP contribution >= 0.6 is 0 Å². The second kappa shape index (κ2) is 5.55. The average Bonchev–Trinajstić information content (AvgIpc) is 2.56. The van der Waals surface area contributed by atoms with Crippen LogP contribution < -0.4 is 0 Å². The fourth-order valence-electron chi connectivity index (χ4n) is 3.59. The quantitative estimate of drug-likeness (QED) is 0.416. The van der Waals surface area contributed by atoms with E-state index in [0.29, 0.717) is 0 Å². The molecule has 23 heavy (non-hydrogen) atoms. The molecule has 0 bridgehead atoms. The van der Waals surface area contributed by atoms with E-state index in [9.17, 15) is 0 Å². The SMILES string of the molecule is Cc1ccccc1/C=C1\c2ccccc2Cc2cccc(C)c21. The van der Waals surface area contributed by atoms with Crippen LogP contribution in [0.5, 0.6) is 0 Å². The van der Waals surface area contributed by atoms with Gasteiger partial charge in [-0.2, -0.15) is 0 Å². The first-order chi connectivity index (χ1) is 11.2. The van der Waals surface area contributed by atoms with Gasteiger partial charge in [0.1, 0.15) is 0 Å². The zero-order valence-electron chi connectivity index (χ0n) is 13.6. The molecule has 0 unspecified atom stereocenters. The molecule has 112 valence electrons. The van der Waals surface area contributed by atoms with Gasteiger partial charge in [-0.25, -0.2) is 0 Å². The zero-order valence-corrected chi connectivity index (χ0v) is 13.6. The Morgan fingerprint density at radius 3 is 2.26 bits per heavy atom. The molecule has 1 aliphatic carbocycles. The lowest BCUT2D eigenvalue weighted by Gasteiger charge is -2.24. The van der Waals surface area contributed by atoms with Crippen LogP contribution in [0.4, 0.5) is 0 Å². The van der Waals surface area contributed by atoms with E-state index < -0.39 is 0 Å². The molecule has 3 aromatic rings. The van der Waals surface area contributed by atoms with Crippen molar-refractivity contribution in [1.82, 2.24) is 0 Å². The highest BCUT2D eigenvalue weighted by molar-refractivity contribution is 5.96. The van der Waals surface area contributed by atoms with Crippen molar-refractivity contribution in [2.45, 2.75) is 20.3 Å². The van der Waals surface area contributed by atoms with Crippen LogP contribution in [-0.2, 0) is 6.42 Å². The Bertz CT molecular complexity index is 913. The van der Waals surface area contributed by atoms with Crippen molar-refractivity contribution in [2.24, 2.45) is 0 Å². The van der Waals surface area contributed by atoms with E-state index in [-0.39, 0.29) is 0 Å². The molecule has 0 atom stereocenters. The fraction of sp³-hybridized carbons (Fsp3) is 0.130. The Kier molecular flexibility index (Phi) is 3.38. The van der Waals surface area contributed by atoms with Crippen LogP contribution in [0.2, 0.25) is 0 Å². The van der Waals surface area contributed by atoms with Gasteiger partial charge in [0, 0.05) is 0 Å². The summed E-state index contributed by atoms with van der Waals surface area (Å²) in [6.45, 7) is 4.40. The van der Waals surface area contributed by atoms with Gasteiger partial charge in [0.25, 0.3) is 0 Å². The van der Waals surface area contributed by atoms with Crippen molar-refractivity contribution in [3.8, 4) is 0 Å². The number of hydrogen-bond acceptors (Lipinski definition) is 0. The normalized spacial score (nSPS) is 14.4. The average molecular weight is 296 g/mol. The molecule has 3 aromatic carbocycles. The summed E-state index contributed by atoms with van der Waals surface area (Å²) in [7, 11) is 0. The number of fused-ring (bicyclic) bond motifs is 2. The Morgan fingerprint density at radius 1 is 0.696 bits per heavy atom. The zero-order chi connectivity index (χ0) is 15.8. The topological polar surface area (TPSA) is 0 Å². The molecular formula is C23H20. The molecule has 0 saturated carbocycles. The molecule has 0 saturated heterocycles. The van der Waals surface area contributed by atoms with Gasteiger partial charge in [0.15, 0.2) is 0 Å². The smallest absolute Gasteiger partial charge is 0.00134 e. The first-order valence-corrected chi connectivity index (χ1v) is 8.18. The third kappa shape index (κ3) is 2.41. The number of rotatable bonds is 1. The van der Waals surface area contributed by atoms with Gasteiger partial charge in [-0.3, -0.25) is 0 Å². The Morgan fingerprint density at radius 2 is 1.39 bits per heavy atom. The van der Waals surface area contributed by atoms with E-state index in [1.165, 1.54) is 44.5 Å². The summed E-state index contributed by atoms with van der Waals surface area (Å²) in [6, 6.07) is 24.1. The molecule has 0 aliphatic heterocycles. The highest BCUT2D eigenvalue weighted by Gasteiger charge is 2.21. The van der Waals surface area contributed by atoms with Crippen LogP contribution in [0.15, 0.2) is 66.7 Å². The van der Waals surface area contributed by atoms with Gasteiger partial charge in [-0.15, -0.1) is 0 Å². The predicted octanol–water partition coefficient (Wildman–Crippen LogP) is 5.80. The van der Waals surface area contributed by atoms with Gasteiger partial charge >= 0.3 is 0 Å². The fourth-order valence-corrected chi connectivity index (χ4v) is 3.59. The van der Waals surface area contributed by atoms with Crippen molar-refractivity contribution < 1.29 is 0 Å². The second-order valence-electron chi connectivity index (χ2n) is 6.36. The second-order valence-corrected chi connectivity index (χ2v) is 6.36. The number of aryl methyl sites for hydroxylation is 2. The first-order valence-electron chi connectivity index (χ1n) is 8.18. The highest BCUT2D eigenvalue weighted by atomic mass is 14.2. The van der Waals surface area contributed by atoms with Crippen LogP contribution in [0, 0.1) is 13.8 Å². The molecule has 0 nitrogen and oxygen atoms in total. The molecule has 1 aliphatic rings. The summed E-state index contributed by atoms with van der Waals surface area (Å²) >= 11 is 0. The molecule has 0 heteroatoms. The molecular weight excluding hydrogens is 276 g/mol. The highest BCUT2D eigenvalue weighted by Crippen LogP contribution is 2.38. The van der Waals surface area contributed by atoms with Crippen LogP contribution in [0.1, 0.15) is 38.9 Å². The molecule has 0 spiro atoms. The van der Waals surface area contributed by atoms with E-state index in [1.54, 1.807) is 0 Å². The largest absolute Gasteiger partial charge is 0.0620 e. The monoisotopic (exact) mass is 296 g/mol. The Balaban J connectivity index is 2.01. The minimum atomic E-state index is 1.03. The van der Waals surface area contributed by atoms with Crippen molar-refractivity contribution in [1.29, 1.82) is 0 Å². The molecule has 0 N–H and O–H groups in total. The maximum atomic E-state index is 2.36. The lowest BCUT2D eigenvalue weighted by Crippen LogP contribution is -2.08. The maximum absolute atomic E-state index is 2.36. The van der Waals surface area contributed by atoms with Crippen LogP contribution in [-0.4, -0.2) is 0 Å². The van der Waals surface area contributed by atoms with Crippen molar-refractivity contribution in [3.05, 3.63) is 106 Å². The summed E-state index contributed by atoms with van der Waals surface area (Å²) in [6.07, 6.45) is 3.39. The lowest BCUT2D eigenvalue weighted by atomic mass is 9.79. The van der Waals surface area contributed by atoms with E-state index in [1.807, 2.05) is 0 Å². The summed E-state index contributed by atoms with van der Waals surface area (Å²) in [5, 5.41) is 0. The molecule has 0 fully saturated rings. The van der Waals surface area contributed by atoms with Crippen molar-refractivity contribution in [2.75, 3.05) is 0 Å². The predicted molar refractivity (Wildman–Crippen MR) is 98.6 cm³/mol. The van der Waals surface area contributed by atoms with Gasteiger partial charge in [-0.1, -0.05) is 66.7 Å². The molecule has 0 amide bonds. The van der Waals surface area contributed by atoms with Crippen molar-refractivity contribution >= 4 is 11.6 Å². The number of hydrogen-bond donors (Lipinski definition) is 0. The van der Waals surface area contributed by atoms with E-state index in [4.69, 9.17) is 0 Å². The van der Waals surface area contributed by atoms with Gasteiger partial charge < -0.3 is 0 Å². The molecule has 0 heterocycles. The standard InChI is InChI=1S/C23H20/c1-16-8-3-4-10-18(16)15-22-21-13-6-5-11-19(21)14-20-12-7-9-17(2)23(20)22/h3-13,15H,14H2,1-2H3/b22-15+. The summed E-state index contributed by atoms with van der Waals surface area (Å²) in [5.41, 5.74) is 11.0. The van der Waals surface area contributed by atoms with E-state index in [2.05, 4.69) is 86.7 Å². The molecule has 0 aromatic heterocycles. The first kappa shape index (κ1) is 14.0. The van der Waals surface area contributed by atoms with E-state index >= 15 is 0 Å². The maximum Gasteiger partial charge on any atom is -0.00134 e. The lowest BCUT2D eigenvalue weighted by molar-refractivity contribution is 1.13. The summed E-state index contributed by atoms with van der Waals surface area (Å²) in [5.74, 6) is 0. The minimum Gasteiger partial charge on any atom is -0.0620 e. The third-order valence-electron chi connectivity index (χ3n) is 4.81. The van der Waals surface area contributed by atoms with Gasteiger partial charge in [-0.05, 0) is 70.9 Å². The minimum absolute atomic E-state index is 1.03.